The fraction of sp³-hybridized carbons (Fsp3) is 0.389. The molecule has 6 heteroatoms. The lowest BCUT2D eigenvalue weighted by Crippen LogP contribution is -2.45. The quantitative estimate of drug-likeness (QED) is 0.835. The van der Waals surface area contributed by atoms with Crippen LogP contribution in [0.3, 0.4) is 0 Å². The van der Waals surface area contributed by atoms with Crippen LogP contribution in [0.4, 0.5) is 15.7 Å². The minimum Gasteiger partial charge on any atom is -0.391 e. The number of hydrogen-bond acceptors (Lipinski definition) is 4. The van der Waals surface area contributed by atoms with Gasteiger partial charge in [-0.05, 0) is 49.6 Å². The van der Waals surface area contributed by atoms with Crippen molar-refractivity contribution in [1.29, 1.82) is 0 Å². The molecule has 4 nitrogen and oxygen atoms in total. The number of nitrogens with zero attached hydrogens (tertiary/aromatic N) is 2. The Balaban J connectivity index is 1.85. The van der Waals surface area contributed by atoms with E-state index in [1.54, 1.807) is 11.3 Å². The van der Waals surface area contributed by atoms with Gasteiger partial charge in [0.05, 0.1) is 10.0 Å². The summed E-state index contributed by atoms with van der Waals surface area (Å²) in [6, 6.07) is 12.9. The van der Waals surface area contributed by atoms with Crippen molar-refractivity contribution in [3.8, 4) is 0 Å². The lowest BCUT2D eigenvalue weighted by molar-refractivity contribution is -0.129. The summed E-state index contributed by atoms with van der Waals surface area (Å²) in [6.07, 6.45) is 1.85. The molecule has 0 unspecified atom stereocenters. The molecule has 0 radical (unpaired) electrons. The molecule has 2 aromatic rings. The lowest BCUT2D eigenvalue weighted by atomic mass is 10.0. The Bertz CT molecular complexity index is 710. The summed E-state index contributed by atoms with van der Waals surface area (Å²) >= 11 is 7.29. The SMILES string of the molecule is Cc1cccc(N(c2ccc(N)s2)C2CCN(C(=O)CCl)CC2)c1. The highest BCUT2D eigenvalue weighted by atomic mass is 35.5. The number of likely N-dealkylation sites (tertiary alicyclic amines) is 1. The monoisotopic (exact) mass is 363 g/mol. The molecule has 1 fully saturated rings. The van der Waals surface area contributed by atoms with E-state index in [-0.39, 0.29) is 11.8 Å². The first-order chi connectivity index (χ1) is 11.6. The van der Waals surface area contributed by atoms with Gasteiger partial charge in [0.25, 0.3) is 0 Å². The zero-order valence-corrected chi connectivity index (χ0v) is 15.3. The number of hydrogen-bond donors (Lipinski definition) is 1. The van der Waals surface area contributed by atoms with Crippen molar-refractivity contribution in [2.45, 2.75) is 25.8 Å². The predicted octanol–water partition coefficient (Wildman–Crippen LogP) is 4.01. The van der Waals surface area contributed by atoms with E-state index in [9.17, 15) is 4.79 Å². The van der Waals surface area contributed by atoms with Crippen LogP contribution in [0.2, 0.25) is 0 Å². The van der Waals surface area contributed by atoms with Crippen molar-refractivity contribution >= 4 is 44.5 Å². The number of carbonyl (C=O) groups excluding carboxylic acids is 1. The Hall–Kier alpha value is -1.72. The Morgan fingerprint density at radius 3 is 2.67 bits per heavy atom. The third-order valence-corrected chi connectivity index (χ3v) is 5.57. The molecule has 1 aromatic carbocycles. The third-order valence-electron chi connectivity index (χ3n) is 4.43. The fourth-order valence-electron chi connectivity index (χ4n) is 3.23. The van der Waals surface area contributed by atoms with Crippen LogP contribution in [-0.4, -0.2) is 35.8 Å². The maximum Gasteiger partial charge on any atom is 0.237 e. The van der Waals surface area contributed by atoms with Gasteiger partial charge in [0, 0.05) is 24.8 Å². The second-order valence-corrected chi connectivity index (χ2v) is 7.49. The summed E-state index contributed by atoms with van der Waals surface area (Å²) in [5, 5.41) is 1.97. The Labute approximate surface area is 151 Å². The number of anilines is 3. The zero-order chi connectivity index (χ0) is 17.1. The van der Waals surface area contributed by atoms with Crippen LogP contribution in [0.25, 0.3) is 0 Å². The van der Waals surface area contributed by atoms with Crippen molar-refractivity contribution in [3.05, 3.63) is 42.0 Å². The van der Waals surface area contributed by atoms with Gasteiger partial charge in [-0.2, -0.15) is 0 Å². The first-order valence-corrected chi connectivity index (χ1v) is 9.48. The second kappa shape index (κ2) is 7.45. The fourth-order valence-corrected chi connectivity index (χ4v) is 4.26. The summed E-state index contributed by atoms with van der Waals surface area (Å²) in [5.74, 6) is 0.0888. The van der Waals surface area contributed by atoms with Crippen LogP contribution in [0, 0.1) is 6.92 Å². The van der Waals surface area contributed by atoms with Crippen molar-refractivity contribution in [2.75, 3.05) is 29.6 Å². The van der Waals surface area contributed by atoms with E-state index in [1.165, 1.54) is 11.3 Å². The molecule has 0 atom stereocenters. The molecule has 1 saturated heterocycles. The van der Waals surface area contributed by atoms with Crippen molar-refractivity contribution < 1.29 is 4.79 Å². The highest BCUT2D eigenvalue weighted by Gasteiger charge is 2.28. The largest absolute Gasteiger partial charge is 0.391 e. The van der Waals surface area contributed by atoms with Crippen LogP contribution < -0.4 is 10.6 Å². The topological polar surface area (TPSA) is 49.6 Å². The van der Waals surface area contributed by atoms with Gasteiger partial charge in [-0.3, -0.25) is 4.79 Å². The standard InChI is InChI=1S/C18H22ClN3OS/c1-13-3-2-4-15(11-13)22(18-6-5-16(20)24-18)14-7-9-21(10-8-14)17(23)12-19/h2-6,11,14H,7-10,12,20H2,1H3. The molecule has 0 spiro atoms. The van der Waals surface area contributed by atoms with E-state index in [0.29, 0.717) is 6.04 Å². The number of alkyl halides is 1. The summed E-state index contributed by atoms with van der Waals surface area (Å²) < 4.78 is 0. The molecular weight excluding hydrogens is 342 g/mol. The van der Waals surface area contributed by atoms with Gasteiger partial charge >= 0.3 is 0 Å². The number of thiophene rings is 1. The average Bonchev–Trinajstić information content (AvgIpc) is 3.01. The van der Waals surface area contributed by atoms with Crippen molar-refractivity contribution in [3.63, 3.8) is 0 Å². The number of piperidine rings is 1. The highest BCUT2D eigenvalue weighted by molar-refractivity contribution is 7.19. The van der Waals surface area contributed by atoms with E-state index in [4.69, 9.17) is 17.3 Å². The van der Waals surface area contributed by atoms with Crippen molar-refractivity contribution in [1.82, 2.24) is 4.90 Å². The average molecular weight is 364 g/mol. The Morgan fingerprint density at radius 1 is 1.33 bits per heavy atom. The van der Waals surface area contributed by atoms with Gasteiger partial charge in [0.2, 0.25) is 5.91 Å². The molecule has 2 heterocycles. The Kier molecular flexibility index (Phi) is 5.31. The minimum atomic E-state index is 0.0255. The smallest absolute Gasteiger partial charge is 0.237 e. The maximum atomic E-state index is 11.8. The molecule has 24 heavy (non-hydrogen) atoms. The summed E-state index contributed by atoms with van der Waals surface area (Å²) in [5.41, 5.74) is 8.37. The number of rotatable bonds is 4. The maximum absolute atomic E-state index is 11.8. The highest BCUT2D eigenvalue weighted by Crippen LogP contribution is 2.37. The number of amides is 1. The first kappa shape index (κ1) is 17.1. The molecule has 1 amide bonds. The predicted molar refractivity (Wildman–Crippen MR) is 102 cm³/mol. The summed E-state index contributed by atoms with van der Waals surface area (Å²) in [7, 11) is 0. The third kappa shape index (κ3) is 3.68. The number of carbonyl (C=O) groups is 1. The molecule has 0 saturated carbocycles. The molecule has 2 N–H and O–H groups in total. The van der Waals surface area contributed by atoms with Gasteiger partial charge in [-0.25, -0.2) is 0 Å². The number of nitrogen functional groups attached to an aromatic ring is 1. The first-order valence-electron chi connectivity index (χ1n) is 8.13. The molecule has 3 rings (SSSR count). The molecule has 1 aromatic heterocycles. The van der Waals surface area contributed by atoms with E-state index in [2.05, 4.69) is 42.2 Å². The van der Waals surface area contributed by atoms with E-state index in [1.807, 2.05) is 11.0 Å². The Morgan fingerprint density at radius 2 is 2.08 bits per heavy atom. The normalized spacial score (nSPS) is 15.5. The summed E-state index contributed by atoms with van der Waals surface area (Å²) in [6.45, 7) is 3.60. The number of benzene rings is 1. The molecular formula is C18H22ClN3OS. The van der Waals surface area contributed by atoms with Crippen molar-refractivity contribution in [2.24, 2.45) is 0 Å². The number of nitrogens with two attached hydrogens (primary N) is 1. The van der Waals surface area contributed by atoms with Gasteiger partial charge in [-0.15, -0.1) is 22.9 Å². The number of halogens is 1. The number of aryl methyl sites for hydroxylation is 1. The van der Waals surface area contributed by atoms with E-state index < -0.39 is 0 Å². The zero-order valence-electron chi connectivity index (χ0n) is 13.7. The van der Waals surface area contributed by atoms with Crippen LogP contribution >= 0.6 is 22.9 Å². The van der Waals surface area contributed by atoms with Gasteiger partial charge < -0.3 is 15.5 Å². The minimum absolute atomic E-state index is 0.0255. The van der Waals surface area contributed by atoms with Gasteiger partial charge in [0.1, 0.15) is 5.88 Å². The van der Waals surface area contributed by atoms with Crippen LogP contribution in [-0.2, 0) is 4.79 Å². The molecule has 1 aliphatic heterocycles. The van der Waals surface area contributed by atoms with Crippen LogP contribution in [0.5, 0.6) is 0 Å². The summed E-state index contributed by atoms with van der Waals surface area (Å²) in [4.78, 5) is 16.0. The van der Waals surface area contributed by atoms with Crippen LogP contribution in [0.1, 0.15) is 18.4 Å². The molecule has 0 bridgehead atoms. The lowest BCUT2D eigenvalue weighted by Gasteiger charge is -2.39. The van der Waals surface area contributed by atoms with Gasteiger partial charge in [0.15, 0.2) is 0 Å². The molecule has 0 aliphatic carbocycles. The van der Waals surface area contributed by atoms with Crippen LogP contribution in [0.15, 0.2) is 36.4 Å². The molecule has 1 aliphatic rings. The molecule has 128 valence electrons. The van der Waals surface area contributed by atoms with E-state index in [0.717, 1.165) is 35.9 Å². The van der Waals surface area contributed by atoms with Gasteiger partial charge in [-0.1, -0.05) is 12.1 Å². The van der Waals surface area contributed by atoms with E-state index >= 15 is 0 Å². The second-order valence-electron chi connectivity index (χ2n) is 6.13.